The van der Waals surface area contributed by atoms with Gasteiger partial charge in [0.1, 0.15) is 0 Å². The molecular weight excluding hydrogens is 156 g/mol. The number of carbonyl (C=O) groups excluding carboxylic acids is 1. The first kappa shape index (κ1) is 17.1. The molecule has 10 heavy (non-hydrogen) atoms. The Morgan fingerprint density at radius 1 is 1.30 bits per heavy atom. The van der Waals surface area contributed by atoms with Crippen molar-refractivity contribution in [1.29, 1.82) is 0 Å². The standard InChI is InChI=1S/C4H7NO3.2Na.2H/c5-3(6)1-2-4(7)8;;;;/h1-2H2,(H2,5,6)(H,7,8);;;;/q;2*+1;2*-1. The maximum absolute atomic E-state index is 9.86. The van der Waals surface area contributed by atoms with Gasteiger partial charge in [0.05, 0.1) is 6.42 Å². The second kappa shape index (κ2) is 9.94. The van der Waals surface area contributed by atoms with Gasteiger partial charge in [0.25, 0.3) is 0 Å². The molecule has 3 N–H and O–H groups in total. The van der Waals surface area contributed by atoms with Gasteiger partial charge in [-0.05, 0) is 0 Å². The van der Waals surface area contributed by atoms with Crippen LogP contribution in [-0.2, 0) is 9.59 Å². The van der Waals surface area contributed by atoms with Crippen LogP contribution in [0, 0.1) is 0 Å². The third-order valence-corrected chi connectivity index (χ3v) is 0.585. The molecule has 0 unspecified atom stereocenters. The Kier molecular flexibility index (Phi) is 17.0. The zero-order valence-corrected chi connectivity index (χ0v) is 10.3. The van der Waals surface area contributed by atoms with Gasteiger partial charge in [-0.1, -0.05) is 0 Å². The van der Waals surface area contributed by atoms with Crippen LogP contribution in [0.5, 0.6) is 0 Å². The van der Waals surface area contributed by atoms with Crippen molar-refractivity contribution in [2.24, 2.45) is 5.73 Å². The van der Waals surface area contributed by atoms with Crippen LogP contribution in [0.25, 0.3) is 0 Å². The molecule has 0 atom stereocenters. The van der Waals surface area contributed by atoms with E-state index in [-0.39, 0.29) is 74.8 Å². The summed E-state index contributed by atoms with van der Waals surface area (Å²) in [6, 6.07) is 0. The Labute approximate surface area is 106 Å². The number of primary amides is 1. The molecule has 50 valence electrons. The SMILES string of the molecule is NC(=O)CCC(=O)O.[H-].[H-].[Na+].[Na+]. The topological polar surface area (TPSA) is 80.4 Å². The number of carbonyl (C=O) groups is 2. The molecule has 0 aromatic carbocycles. The van der Waals surface area contributed by atoms with Crippen LogP contribution >= 0.6 is 0 Å². The van der Waals surface area contributed by atoms with Crippen molar-refractivity contribution >= 4 is 11.9 Å². The van der Waals surface area contributed by atoms with Gasteiger partial charge in [0.15, 0.2) is 0 Å². The van der Waals surface area contributed by atoms with Crippen molar-refractivity contribution in [1.82, 2.24) is 0 Å². The van der Waals surface area contributed by atoms with Crippen LogP contribution in [0.15, 0.2) is 0 Å². The molecule has 0 bridgehead atoms. The van der Waals surface area contributed by atoms with Crippen molar-refractivity contribution in [3.05, 3.63) is 0 Å². The van der Waals surface area contributed by atoms with E-state index in [4.69, 9.17) is 5.11 Å². The van der Waals surface area contributed by atoms with Gasteiger partial charge in [0, 0.05) is 6.42 Å². The van der Waals surface area contributed by atoms with E-state index in [9.17, 15) is 9.59 Å². The largest absolute Gasteiger partial charge is 1.00 e. The first-order valence-electron chi connectivity index (χ1n) is 2.13. The van der Waals surface area contributed by atoms with Gasteiger partial charge < -0.3 is 13.7 Å². The predicted molar refractivity (Wildman–Crippen MR) is 28.3 cm³/mol. The first-order valence-corrected chi connectivity index (χ1v) is 2.13. The number of amides is 1. The molecule has 0 spiro atoms. The summed E-state index contributed by atoms with van der Waals surface area (Å²) in [5.74, 6) is -1.57. The zero-order chi connectivity index (χ0) is 6.57. The summed E-state index contributed by atoms with van der Waals surface area (Å²) in [6.07, 6.45) is -0.245. The summed E-state index contributed by atoms with van der Waals surface area (Å²) in [5.41, 5.74) is 4.64. The summed E-state index contributed by atoms with van der Waals surface area (Å²) in [5, 5.41) is 7.95. The average Bonchev–Trinajstić information content (AvgIpc) is 1.61. The van der Waals surface area contributed by atoms with Crippen molar-refractivity contribution in [2.45, 2.75) is 12.8 Å². The molecule has 1 amide bonds. The number of rotatable bonds is 3. The molecule has 0 fully saturated rings. The van der Waals surface area contributed by atoms with Crippen LogP contribution in [0.2, 0.25) is 0 Å². The fourth-order valence-electron chi connectivity index (χ4n) is 0.230. The fraction of sp³-hybridized carbons (Fsp3) is 0.500. The molecule has 0 aromatic rings. The zero-order valence-electron chi connectivity index (χ0n) is 8.26. The fourth-order valence-corrected chi connectivity index (χ4v) is 0.230. The summed E-state index contributed by atoms with van der Waals surface area (Å²) >= 11 is 0. The smallest absolute Gasteiger partial charge is 1.00 e. The first-order chi connectivity index (χ1) is 3.63. The molecule has 0 radical (unpaired) electrons. The van der Waals surface area contributed by atoms with Crippen LogP contribution in [0.4, 0.5) is 0 Å². The molecule has 4 nitrogen and oxygen atoms in total. The Morgan fingerprint density at radius 3 is 1.80 bits per heavy atom. The average molecular weight is 165 g/mol. The minimum atomic E-state index is -0.996. The maximum Gasteiger partial charge on any atom is 1.00 e. The van der Waals surface area contributed by atoms with Crippen LogP contribution in [0.1, 0.15) is 15.7 Å². The number of nitrogens with two attached hydrogens (primary N) is 1. The van der Waals surface area contributed by atoms with Gasteiger partial charge >= 0.3 is 65.1 Å². The quantitative estimate of drug-likeness (QED) is 0.408. The second-order valence-corrected chi connectivity index (χ2v) is 1.36. The Balaban J connectivity index is -0.0000000408. The molecule has 0 heterocycles. The summed E-state index contributed by atoms with van der Waals surface area (Å²) in [4.78, 5) is 19.6. The number of hydrogen-bond acceptors (Lipinski definition) is 2. The van der Waals surface area contributed by atoms with E-state index >= 15 is 0 Å². The third kappa shape index (κ3) is 16.0. The number of hydrogen-bond donors (Lipinski definition) is 2. The van der Waals surface area contributed by atoms with E-state index in [0.717, 1.165) is 0 Å². The normalized spacial score (nSPS) is 6.80. The van der Waals surface area contributed by atoms with Gasteiger partial charge in [-0.15, -0.1) is 0 Å². The van der Waals surface area contributed by atoms with E-state index in [1.807, 2.05) is 0 Å². The van der Waals surface area contributed by atoms with Gasteiger partial charge in [-0.25, -0.2) is 0 Å². The molecule has 0 rings (SSSR count). The van der Waals surface area contributed by atoms with E-state index in [0.29, 0.717) is 0 Å². The number of aliphatic carboxylic acids is 1. The molecule has 0 saturated heterocycles. The maximum atomic E-state index is 9.86. The Bertz CT molecular complexity index is 111. The Hall–Kier alpha value is 0.940. The van der Waals surface area contributed by atoms with Crippen molar-refractivity contribution in [2.75, 3.05) is 0 Å². The van der Waals surface area contributed by atoms with E-state index in [1.54, 1.807) is 0 Å². The van der Waals surface area contributed by atoms with Crippen molar-refractivity contribution in [3.8, 4) is 0 Å². The van der Waals surface area contributed by atoms with Crippen molar-refractivity contribution < 1.29 is 76.7 Å². The predicted octanol–water partition coefficient (Wildman–Crippen LogP) is -6.43. The minimum Gasteiger partial charge on any atom is -1.00 e. The van der Waals surface area contributed by atoms with E-state index in [2.05, 4.69) is 5.73 Å². The van der Waals surface area contributed by atoms with Crippen molar-refractivity contribution in [3.63, 3.8) is 0 Å². The Morgan fingerprint density at radius 2 is 1.70 bits per heavy atom. The van der Waals surface area contributed by atoms with E-state index in [1.165, 1.54) is 0 Å². The van der Waals surface area contributed by atoms with E-state index < -0.39 is 11.9 Å². The van der Waals surface area contributed by atoms with Gasteiger partial charge in [-0.3, -0.25) is 9.59 Å². The van der Waals surface area contributed by atoms with Crippen LogP contribution in [0.3, 0.4) is 0 Å². The molecular formula is C4H9NNa2O3. The summed E-state index contributed by atoms with van der Waals surface area (Å²) in [6.45, 7) is 0. The van der Waals surface area contributed by atoms with Gasteiger partial charge in [0.2, 0.25) is 5.91 Å². The molecule has 6 heteroatoms. The molecule has 0 aliphatic carbocycles. The minimum absolute atomic E-state index is 0. The monoisotopic (exact) mass is 165 g/mol. The molecule has 0 aromatic heterocycles. The second-order valence-electron chi connectivity index (χ2n) is 1.36. The van der Waals surface area contributed by atoms with Crippen LogP contribution in [-0.4, -0.2) is 17.0 Å². The third-order valence-electron chi connectivity index (χ3n) is 0.585. The molecule has 0 aliphatic rings. The summed E-state index contributed by atoms with van der Waals surface area (Å²) < 4.78 is 0. The summed E-state index contributed by atoms with van der Waals surface area (Å²) in [7, 11) is 0. The molecule has 0 saturated carbocycles. The number of carboxylic acid groups (broad SMARTS) is 1. The molecule has 0 aliphatic heterocycles. The van der Waals surface area contributed by atoms with Gasteiger partial charge in [-0.2, -0.15) is 0 Å². The number of carboxylic acids is 1. The van der Waals surface area contributed by atoms with Crippen LogP contribution < -0.4 is 64.8 Å².